The van der Waals surface area contributed by atoms with Crippen LogP contribution in [0.3, 0.4) is 0 Å². The van der Waals surface area contributed by atoms with Gasteiger partial charge in [-0.25, -0.2) is 10.1 Å². The largest absolute Gasteiger partial charge is 0.504 e. The highest BCUT2D eigenvalue weighted by atomic mass is 16.7. The molecule has 1 rings (SSSR count). The molecule has 0 spiro atoms. The van der Waals surface area contributed by atoms with Crippen molar-refractivity contribution in [1.29, 1.82) is 0 Å². The fourth-order valence-electron chi connectivity index (χ4n) is 1.10. The van der Waals surface area contributed by atoms with E-state index < -0.39 is 10.8 Å². The number of anilines is 1. The van der Waals surface area contributed by atoms with Crippen LogP contribution in [0.5, 0.6) is 11.5 Å². The fraction of sp³-hybridized carbons (Fsp3) is 0.250. The molecular weight excluding hydrogens is 188 g/mol. The molecule has 0 saturated carbocycles. The van der Waals surface area contributed by atoms with Crippen LogP contribution in [0, 0.1) is 10.1 Å². The van der Waals surface area contributed by atoms with Gasteiger partial charge in [0.15, 0.2) is 22.2 Å². The molecule has 0 atom stereocenters. The second kappa shape index (κ2) is 3.82. The number of nitrogens with zero attached hydrogens (tertiary/aromatic N) is 2. The molecule has 0 aliphatic rings. The summed E-state index contributed by atoms with van der Waals surface area (Å²) >= 11 is 0. The van der Waals surface area contributed by atoms with Crippen molar-refractivity contribution in [2.24, 2.45) is 0 Å². The van der Waals surface area contributed by atoms with Crippen LogP contribution in [-0.4, -0.2) is 21.8 Å². The number of hydrogen-bond acceptors (Lipinski definition) is 4. The number of para-hydroxylation sites is 1. The number of benzene rings is 1. The van der Waals surface area contributed by atoms with E-state index in [2.05, 4.69) is 0 Å². The predicted molar refractivity (Wildman–Crippen MR) is 49.8 cm³/mol. The van der Waals surface area contributed by atoms with Crippen molar-refractivity contribution < 1.29 is 15.2 Å². The minimum Gasteiger partial charge on any atom is -0.504 e. The van der Waals surface area contributed by atoms with Gasteiger partial charge in [-0.05, 0) is 19.1 Å². The molecule has 6 heteroatoms. The second-order valence-corrected chi connectivity index (χ2v) is 2.60. The average Bonchev–Trinajstić information content (AvgIpc) is 2.13. The van der Waals surface area contributed by atoms with Crippen LogP contribution < -0.4 is 5.01 Å². The first-order valence-corrected chi connectivity index (χ1v) is 4.00. The summed E-state index contributed by atoms with van der Waals surface area (Å²) in [5, 5.41) is 29.1. The van der Waals surface area contributed by atoms with E-state index >= 15 is 0 Å². The summed E-state index contributed by atoms with van der Waals surface area (Å²) in [6.45, 7) is 1.68. The van der Waals surface area contributed by atoms with Gasteiger partial charge in [-0.2, -0.15) is 0 Å². The van der Waals surface area contributed by atoms with Gasteiger partial charge in [-0.3, -0.25) is 0 Å². The van der Waals surface area contributed by atoms with Crippen molar-refractivity contribution in [3.8, 4) is 11.5 Å². The normalized spacial score (nSPS) is 9.79. The summed E-state index contributed by atoms with van der Waals surface area (Å²) in [4.78, 5) is 10.5. The molecule has 0 radical (unpaired) electrons. The molecule has 0 amide bonds. The Morgan fingerprint density at radius 1 is 1.50 bits per heavy atom. The summed E-state index contributed by atoms with van der Waals surface area (Å²) < 4.78 is 0. The lowest BCUT2D eigenvalue weighted by Gasteiger charge is -2.13. The Labute approximate surface area is 80.1 Å². The molecule has 0 fully saturated rings. The van der Waals surface area contributed by atoms with Crippen molar-refractivity contribution in [2.75, 3.05) is 11.6 Å². The lowest BCUT2D eigenvalue weighted by molar-refractivity contribution is -0.494. The molecule has 0 aliphatic heterocycles. The van der Waals surface area contributed by atoms with Crippen LogP contribution in [0.4, 0.5) is 5.69 Å². The van der Waals surface area contributed by atoms with Crippen LogP contribution in [-0.2, 0) is 0 Å². The Morgan fingerprint density at radius 3 is 2.64 bits per heavy atom. The summed E-state index contributed by atoms with van der Waals surface area (Å²) in [7, 11) is 0. The zero-order valence-corrected chi connectivity index (χ0v) is 7.54. The van der Waals surface area contributed by atoms with E-state index in [9.17, 15) is 15.2 Å². The van der Waals surface area contributed by atoms with Gasteiger partial charge in [-0.1, -0.05) is 11.1 Å². The lowest BCUT2D eigenvalue weighted by Crippen LogP contribution is -2.29. The molecule has 1 aromatic rings. The number of aromatic hydroxyl groups is 2. The molecule has 14 heavy (non-hydrogen) atoms. The molecule has 0 aromatic heterocycles. The Bertz CT molecular complexity index is 353. The number of rotatable bonds is 3. The zero-order chi connectivity index (χ0) is 10.7. The number of phenols is 2. The number of hydrogen-bond donors (Lipinski definition) is 2. The third-order valence-corrected chi connectivity index (χ3v) is 1.77. The molecule has 0 unspecified atom stereocenters. The average molecular weight is 198 g/mol. The van der Waals surface area contributed by atoms with Crippen molar-refractivity contribution in [3.63, 3.8) is 0 Å². The van der Waals surface area contributed by atoms with E-state index in [0.717, 1.165) is 5.01 Å². The Morgan fingerprint density at radius 2 is 2.14 bits per heavy atom. The standard InChI is InChI=1S/C8H10N2O4/c1-2-9(10(13)14)6-4-3-5-7(11)8(6)12/h3-5,11-12H,2H2,1H3. The first-order chi connectivity index (χ1) is 6.57. The third-order valence-electron chi connectivity index (χ3n) is 1.77. The minimum absolute atomic E-state index is 0.0162. The molecule has 0 aliphatic carbocycles. The van der Waals surface area contributed by atoms with Crippen LogP contribution in [0.25, 0.3) is 0 Å². The maximum absolute atomic E-state index is 10.5. The Balaban J connectivity index is 3.16. The predicted octanol–water partition coefficient (Wildman–Crippen LogP) is 1.12. The molecule has 0 heterocycles. The van der Waals surface area contributed by atoms with Gasteiger partial charge in [0, 0.05) is 0 Å². The third kappa shape index (κ3) is 1.68. The highest BCUT2D eigenvalue weighted by Crippen LogP contribution is 2.34. The summed E-state index contributed by atoms with van der Waals surface area (Å²) in [6.07, 6.45) is 0. The van der Waals surface area contributed by atoms with E-state index in [1.54, 1.807) is 6.92 Å². The summed E-state index contributed by atoms with van der Waals surface area (Å²) in [5.41, 5.74) is -0.0162. The highest BCUT2D eigenvalue weighted by molar-refractivity contribution is 5.61. The fourth-order valence-corrected chi connectivity index (χ4v) is 1.10. The Kier molecular flexibility index (Phi) is 2.76. The molecule has 0 saturated heterocycles. The van der Waals surface area contributed by atoms with Crippen molar-refractivity contribution in [3.05, 3.63) is 28.3 Å². The number of nitro groups is 1. The van der Waals surface area contributed by atoms with Gasteiger partial charge in [0.25, 0.3) is 0 Å². The smallest absolute Gasteiger partial charge is 0.187 e. The van der Waals surface area contributed by atoms with Gasteiger partial charge in [-0.15, -0.1) is 0 Å². The molecular formula is C8H10N2O4. The maximum Gasteiger partial charge on any atom is 0.187 e. The molecule has 76 valence electrons. The first-order valence-electron chi connectivity index (χ1n) is 4.00. The Hall–Kier alpha value is -1.98. The number of phenolic OH excluding ortho intramolecular Hbond substituents is 2. The lowest BCUT2D eigenvalue weighted by atomic mass is 10.2. The van der Waals surface area contributed by atoms with Crippen LogP contribution in [0.1, 0.15) is 6.92 Å². The van der Waals surface area contributed by atoms with E-state index in [1.165, 1.54) is 18.2 Å². The number of hydrazine groups is 1. The molecule has 0 bridgehead atoms. The van der Waals surface area contributed by atoms with Gasteiger partial charge in [0.1, 0.15) is 0 Å². The molecule has 2 N–H and O–H groups in total. The van der Waals surface area contributed by atoms with Crippen LogP contribution in [0.15, 0.2) is 18.2 Å². The monoisotopic (exact) mass is 198 g/mol. The van der Waals surface area contributed by atoms with Crippen molar-refractivity contribution in [1.82, 2.24) is 0 Å². The summed E-state index contributed by atoms with van der Waals surface area (Å²) in [6, 6.07) is 4.05. The van der Waals surface area contributed by atoms with Gasteiger partial charge >= 0.3 is 0 Å². The zero-order valence-electron chi connectivity index (χ0n) is 7.54. The van der Waals surface area contributed by atoms with Gasteiger partial charge in [0.05, 0.1) is 6.54 Å². The van der Waals surface area contributed by atoms with Crippen molar-refractivity contribution in [2.45, 2.75) is 6.92 Å². The summed E-state index contributed by atoms with van der Waals surface area (Å²) in [5.74, 6) is -0.853. The van der Waals surface area contributed by atoms with Crippen LogP contribution >= 0.6 is 0 Å². The first kappa shape index (κ1) is 10.1. The van der Waals surface area contributed by atoms with Crippen LogP contribution in [0.2, 0.25) is 0 Å². The second-order valence-electron chi connectivity index (χ2n) is 2.60. The van der Waals surface area contributed by atoms with E-state index in [0.29, 0.717) is 0 Å². The molecule has 1 aromatic carbocycles. The molecule has 6 nitrogen and oxygen atoms in total. The maximum atomic E-state index is 10.5. The topological polar surface area (TPSA) is 86.8 Å². The van der Waals surface area contributed by atoms with E-state index in [4.69, 9.17) is 5.11 Å². The quantitative estimate of drug-likeness (QED) is 0.431. The van der Waals surface area contributed by atoms with E-state index in [-0.39, 0.29) is 18.0 Å². The van der Waals surface area contributed by atoms with Gasteiger partial charge < -0.3 is 10.2 Å². The van der Waals surface area contributed by atoms with Crippen molar-refractivity contribution >= 4 is 5.69 Å². The SMILES string of the molecule is CCN(c1cccc(O)c1O)[N+](=O)[O-]. The highest BCUT2D eigenvalue weighted by Gasteiger charge is 2.20. The van der Waals surface area contributed by atoms with Gasteiger partial charge in [0.2, 0.25) is 0 Å². The van der Waals surface area contributed by atoms with E-state index in [1.807, 2.05) is 0 Å². The minimum atomic E-state index is -0.644.